The Morgan fingerprint density at radius 1 is 1.00 bits per heavy atom. The van der Waals surface area contributed by atoms with Gasteiger partial charge in [-0.2, -0.15) is 0 Å². The highest BCUT2D eigenvalue weighted by molar-refractivity contribution is 5.94. The van der Waals surface area contributed by atoms with Crippen molar-refractivity contribution in [3.63, 3.8) is 0 Å². The molecule has 32 heavy (non-hydrogen) atoms. The van der Waals surface area contributed by atoms with E-state index in [1.165, 1.54) is 12.1 Å². The summed E-state index contributed by atoms with van der Waals surface area (Å²) in [5, 5.41) is 0. The van der Waals surface area contributed by atoms with Crippen LogP contribution in [-0.2, 0) is 0 Å². The first-order valence-corrected chi connectivity index (χ1v) is 10.4. The number of halogens is 1. The lowest BCUT2D eigenvalue weighted by Gasteiger charge is -2.35. The van der Waals surface area contributed by atoms with Crippen LogP contribution >= 0.6 is 0 Å². The molecule has 3 heterocycles. The number of rotatable bonds is 4. The largest absolute Gasteiger partial charge is 0.497 e. The van der Waals surface area contributed by atoms with Crippen molar-refractivity contribution >= 4 is 17.2 Å². The number of anilines is 1. The van der Waals surface area contributed by atoms with Crippen LogP contribution in [0.3, 0.4) is 0 Å². The minimum atomic E-state index is -0.311. The van der Waals surface area contributed by atoms with E-state index in [0.29, 0.717) is 30.1 Å². The summed E-state index contributed by atoms with van der Waals surface area (Å²) in [5.74, 6) is 0.408. The van der Waals surface area contributed by atoms with Crippen molar-refractivity contribution in [2.75, 3.05) is 38.2 Å². The molecule has 0 spiro atoms. The fraction of sp³-hybridized carbons (Fsp3) is 0.208. The Bertz CT molecular complexity index is 1250. The third kappa shape index (κ3) is 3.75. The molecule has 2 aromatic carbocycles. The summed E-state index contributed by atoms with van der Waals surface area (Å²) in [6.45, 7) is 2.71. The normalized spacial score (nSPS) is 14.1. The van der Waals surface area contributed by atoms with E-state index < -0.39 is 0 Å². The number of aromatic nitrogens is 3. The Morgan fingerprint density at radius 2 is 1.72 bits per heavy atom. The molecule has 162 valence electrons. The molecule has 2 aromatic heterocycles. The Hall–Kier alpha value is -3.94. The maximum absolute atomic E-state index is 13.3. The van der Waals surface area contributed by atoms with Gasteiger partial charge in [-0.25, -0.2) is 9.37 Å². The van der Waals surface area contributed by atoms with Gasteiger partial charge in [-0.15, -0.1) is 0 Å². The number of nitrogens with zero attached hydrogens (tertiary/aromatic N) is 5. The van der Waals surface area contributed by atoms with Gasteiger partial charge in [-0.3, -0.25) is 9.78 Å². The molecule has 0 bridgehead atoms. The van der Waals surface area contributed by atoms with Crippen molar-refractivity contribution in [1.82, 2.24) is 19.3 Å². The maximum atomic E-state index is 13.3. The van der Waals surface area contributed by atoms with Crippen LogP contribution < -0.4 is 9.64 Å². The van der Waals surface area contributed by atoms with E-state index in [1.807, 2.05) is 29.2 Å². The summed E-state index contributed by atoms with van der Waals surface area (Å²) in [7, 11) is 1.65. The molecular weight excluding hydrogens is 409 g/mol. The van der Waals surface area contributed by atoms with Crippen LogP contribution in [0.15, 0.2) is 67.1 Å². The average molecular weight is 431 g/mol. The van der Waals surface area contributed by atoms with E-state index in [4.69, 9.17) is 4.74 Å². The molecule has 1 aliphatic heterocycles. The van der Waals surface area contributed by atoms with Crippen LogP contribution in [-0.4, -0.2) is 58.5 Å². The molecule has 0 saturated carbocycles. The van der Waals surface area contributed by atoms with Crippen molar-refractivity contribution < 1.29 is 13.9 Å². The summed E-state index contributed by atoms with van der Waals surface area (Å²) in [6, 6.07) is 14.0. The first-order chi connectivity index (χ1) is 15.6. The van der Waals surface area contributed by atoms with E-state index in [1.54, 1.807) is 42.2 Å². The molecule has 0 aliphatic carbocycles. The van der Waals surface area contributed by atoms with Crippen molar-refractivity contribution in [3.05, 3.63) is 78.6 Å². The van der Waals surface area contributed by atoms with Crippen LogP contribution in [0.1, 0.15) is 10.5 Å². The van der Waals surface area contributed by atoms with Gasteiger partial charge < -0.3 is 18.9 Å². The predicted octanol–water partition coefficient (Wildman–Crippen LogP) is 3.51. The molecule has 0 radical (unpaired) electrons. The number of carbonyl (C=O) groups excluding carboxylic acids is 1. The average Bonchev–Trinajstić information content (AvgIpc) is 3.29. The van der Waals surface area contributed by atoms with Crippen molar-refractivity contribution in [2.24, 2.45) is 0 Å². The lowest BCUT2D eigenvalue weighted by molar-refractivity contribution is 0.0741. The molecule has 5 rings (SSSR count). The number of methoxy groups -OCH3 is 1. The lowest BCUT2D eigenvalue weighted by Crippen LogP contribution is -2.48. The van der Waals surface area contributed by atoms with E-state index >= 15 is 0 Å². The van der Waals surface area contributed by atoms with Gasteiger partial charge in [0.25, 0.3) is 5.91 Å². The number of hydrogen-bond acceptors (Lipinski definition) is 5. The van der Waals surface area contributed by atoms with Crippen LogP contribution in [0.2, 0.25) is 0 Å². The Balaban J connectivity index is 1.33. The minimum absolute atomic E-state index is 0.104. The zero-order chi connectivity index (χ0) is 22.1. The molecule has 0 atom stereocenters. The summed E-state index contributed by atoms with van der Waals surface area (Å²) >= 11 is 0. The molecule has 1 saturated heterocycles. The topological polar surface area (TPSA) is 63.0 Å². The fourth-order valence-corrected chi connectivity index (χ4v) is 3.96. The Labute approximate surface area is 184 Å². The van der Waals surface area contributed by atoms with Gasteiger partial charge >= 0.3 is 0 Å². The van der Waals surface area contributed by atoms with Crippen LogP contribution in [0.4, 0.5) is 10.1 Å². The number of carbonyl (C=O) groups is 1. The fourth-order valence-electron chi connectivity index (χ4n) is 3.96. The number of hydrogen-bond donors (Lipinski definition) is 0. The third-order valence-corrected chi connectivity index (χ3v) is 5.72. The smallest absolute Gasteiger partial charge is 0.274 e. The highest BCUT2D eigenvalue weighted by Crippen LogP contribution is 2.24. The molecule has 4 aromatic rings. The van der Waals surface area contributed by atoms with Gasteiger partial charge in [-0.05, 0) is 48.5 Å². The number of fused-ring (bicyclic) bond motifs is 1. The number of ether oxygens (including phenoxy) is 1. The van der Waals surface area contributed by atoms with E-state index in [0.717, 1.165) is 30.1 Å². The van der Waals surface area contributed by atoms with Gasteiger partial charge in [0.15, 0.2) is 5.65 Å². The monoisotopic (exact) mass is 431 g/mol. The van der Waals surface area contributed by atoms with Crippen molar-refractivity contribution in [3.8, 4) is 17.0 Å². The first-order valence-electron chi connectivity index (χ1n) is 10.4. The molecule has 1 fully saturated rings. The zero-order valence-corrected chi connectivity index (χ0v) is 17.6. The van der Waals surface area contributed by atoms with Gasteiger partial charge in [0.1, 0.15) is 23.0 Å². The van der Waals surface area contributed by atoms with Crippen LogP contribution in [0.5, 0.6) is 5.75 Å². The molecule has 8 heteroatoms. The second-order valence-electron chi connectivity index (χ2n) is 7.62. The number of benzene rings is 2. The number of imidazole rings is 1. The van der Waals surface area contributed by atoms with Gasteiger partial charge in [0.05, 0.1) is 7.11 Å². The second-order valence-corrected chi connectivity index (χ2v) is 7.62. The van der Waals surface area contributed by atoms with Gasteiger partial charge in [0.2, 0.25) is 0 Å². The van der Waals surface area contributed by atoms with Crippen LogP contribution in [0.25, 0.3) is 16.9 Å². The predicted molar refractivity (Wildman–Crippen MR) is 119 cm³/mol. The third-order valence-electron chi connectivity index (χ3n) is 5.72. The minimum Gasteiger partial charge on any atom is -0.497 e. The SMILES string of the molecule is COc1ccc(N2CCN(C(=O)c3cn4ccnc(-c5ccc(F)cc5)c4n3)CC2)cc1. The maximum Gasteiger partial charge on any atom is 0.274 e. The first kappa shape index (κ1) is 20.0. The summed E-state index contributed by atoms with van der Waals surface area (Å²) in [5.41, 5.74) is 3.41. The highest BCUT2D eigenvalue weighted by atomic mass is 19.1. The second kappa shape index (κ2) is 8.30. The summed E-state index contributed by atoms with van der Waals surface area (Å²) in [4.78, 5) is 26.2. The van der Waals surface area contributed by atoms with Gasteiger partial charge in [0, 0.05) is 56.0 Å². The van der Waals surface area contributed by atoms with Crippen molar-refractivity contribution in [2.45, 2.75) is 0 Å². The molecule has 1 aliphatic rings. The quantitative estimate of drug-likeness (QED) is 0.495. The van der Waals surface area contributed by atoms with Gasteiger partial charge in [-0.1, -0.05) is 0 Å². The molecule has 0 unspecified atom stereocenters. The number of piperazine rings is 1. The molecule has 7 nitrogen and oxygen atoms in total. The Morgan fingerprint density at radius 3 is 2.41 bits per heavy atom. The van der Waals surface area contributed by atoms with E-state index in [9.17, 15) is 9.18 Å². The Kier molecular flexibility index (Phi) is 5.18. The zero-order valence-electron chi connectivity index (χ0n) is 17.6. The van der Waals surface area contributed by atoms with E-state index in [2.05, 4.69) is 14.9 Å². The van der Waals surface area contributed by atoms with Crippen LogP contribution in [0, 0.1) is 5.82 Å². The molecule has 1 amide bonds. The highest BCUT2D eigenvalue weighted by Gasteiger charge is 2.25. The van der Waals surface area contributed by atoms with Crippen molar-refractivity contribution in [1.29, 1.82) is 0 Å². The molecule has 0 N–H and O–H groups in total. The summed E-state index contributed by atoms with van der Waals surface area (Å²) < 4.78 is 20.3. The lowest BCUT2D eigenvalue weighted by atomic mass is 10.1. The standard InChI is InChI=1S/C24H22FN5O2/c1-32-20-8-6-19(7-9-20)28-12-14-29(15-13-28)24(31)21-16-30-11-10-26-22(23(30)27-21)17-2-4-18(25)5-3-17/h2-11,16H,12-15H2,1H3. The number of amides is 1. The molecular formula is C24H22FN5O2. The van der Waals surface area contributed by atoms with E-state index in [-0.39, 0.29) is 11.7 Å². The summed E-state index contributed by atoms with van der Waals surface area (Å²) in [6.07, 6.45) is 5.13.